The Morgan fingerprint density at radius 2 is 1.94 bits per heavy atom. The number of piperazine rings is 1. The summed E-state index contributed by atoms with van der Waals surface area (Å²) in [6.07, 6.45) is 0. The highest BCUT2D eigenvalue weighted by atomic mass is 16.5. The van der Waals surface area contributed by atoms with Crippen LogP contribution in [0.4, 0.5) is 0 Å². The lowest BCUT2D eigenvalue weighted by atomic mass is 9.89. The molecule has 1 fully saturated rings. The van der Waals surface area contributed by atoms with Crippen molar-refractivity contribution in [2.24, 2.45) is 0 Å². The lowest BCUT2D eigenvalue weighted by Crippen LogP contribution is -2.55. The van der Waals surface area contributed by atoms with Crippen molar-refractivity contribution in [3.63, 3.8) is 0 Å². The lowest BCUT2D eigenvalue weighted by molar-refractivity contribution is 0.171. The number of likely N-dealkylation sites (N-methyl/N-ethyl adjacent to an activating group) is 1. The second kappa shape index (κ2) is 5.16. The Morgan fingerprint density at radius 3 is 2.56 bits per heavy atom. The maximum absolute atomic E-state index is 5.37. The standard InChI is InChI=1S/C14H22N2O2/c1-14(10-16(2)8-7-15-14)11-5-6-12(17-3)13(9-11)18-4/h5-6,9,15H,7-8,10H2,1-4H3. The van der Waals surface area contributed by atoms with Crippen molar-refractivity contribution in [2.45, 2.75) is 12.5 Å². The van der Waals surface area contributed by atoms with Crippen LogP contribution in [0.5, 0.6) is 11.5 Å². The van der Waals surface area contributed by atoms with Crippen molar-refractivity contribution in [1.82, 2.24) is 10.2 Å². The first-order valence-electron chi connectivity index (χ1n) is 6.25. The van der Waals surface area contributed by atoms with Crippen LogP contribution in [0.25, 0.3) is 0 Å². The molecule has 0 amide bonds. The first-order chi connectivity index (χ1) is 8.59. The molecule has 0 aromatic heterocycles. The van der Waals surface area contributed by atoms with E-state index in [2.05, 4.69) is 36.3 Å². The second-order valence-corrected chi connectivity index (χ2v) is 5.07. The van der Waals surface area contributed by atoms with Gasteiger partial charge in [0, 0.05) is 19.6 Å². The van der Waals surface area contributed by atoms with Crippen molar-refractivity contribution < 1.29 is 9.47 Å². The summed E-state index contributed by atoms with van der Waals surface area (Å²) in [5.74, 6) is 1.56. The van der Waals surface area contributed by atoms with E-state index in [9.17, 15) is 0 Å². The number of methoxy groups -OCH3 is 2. The molecule has 1 aliphatic heterocycles. The van der Waals surface area contributed by atoms with Crippen LogP contribution >= 0.6 is 0 Å². The Morgan fingerprint density at radius 1 is 1.22 bits per heavy atom. The molecule has 0 saturated carbocycles. The van der Waals surface area contributed by atoms with Crippen LogP contribution in [0, 0.1) is 0 Å². The van der Waals surface area contributed by atoms with Gasteiger partial charge in [0.1, 0.15) is 0 Å². The van der Waals surface area contributed by atoms with Crippen LogP contribution < -0.4 is 14.8 Å². The average Bonchev–Trinajstić information content (AvgIpc) is 2.37. The number of hydrogen-bond acceptors (Lipinski definition) is 4. The molecule has 2 rings (SSSR count). The minimum atomic E-state index is -0.0352. The molecule has 0 radical (unpaired) electrons. The third kappa shape index (κ3) is 2.44. The topological polar surface area (TPSA) is 33.7 Å². The predicted molar refractivity (Wildman–Crippen MR) is 72.4 cm³/mol. The Bertz CT molecular complexity index is 422. The van der Waals surface area contributed by atoms with Gasteiger partial charge in [0.2, 0.25) is 0 Å². The first-order valence-corrected chi connectivity index (χ1v) is 6.25. The monoisotopic (exact) mass is 250 g/mol. The zero-order chi connectivity index (χ0) is 13.2. The van der Waals surface area contributed by atoms with Gasteiger partial charge in [-0.05, 0) is 31.7 Å². The van der Waals surface area contributed by atoms with E-state index in [0.717, 1.165) is 31.1 Å². The quantitative estimate of drug-likeness (QED) is 0.880. The van der Waals surface area contributed by atoms with Gasteiger partial charge in [-0.15, -0.1) is 0 Å². The highest BCUT2D eigenvalue weighted by molar-refractivity contribution is 5.45. The highest BCUT2D eigenvalue weighted by Gasteiger charge is 2.31. The number of benzene rings is 1. The molecule has 1 aromatic rings. The summed E-state index contributed by atoms with van der Waals surface area (Å²) < 4.78 is 10.6. The summed E-state index contributed by atoms with van der Waals surface area (Å²) in [5.41, 5.74) is 1.19. The summed E-state index contributed by atoms with van der Waals surface area (Å²) in [6.45, 7) is 5.30. The Kier molecular flexibility index (Phi) is 3.78. The summed E-state index contributed by atoms with van der Waals surface area (Å²) in [4.78, 5) is 2.34. The largest absolute Gasteiger partial charge is 0.493 e. The van der Waals surface area contributed by atoms with Crippen LogP contribution in [0.3, 0.4) is 0 Å². The number of nitrogens with zero attached hydrogens (tertiary/aromatic N) is 1. The maximum Gasteiger partial charge on any atom is 0.161 e. The van der Waals surface area contributed by atoms with Gasteiger partial charge in [-0.1, -0.05) is 6.07 Å². The van der Waals surface area contributed by atoms with Crippen LogP contribution in [-0.4, -0.2) is 45.8 Å². The molecule has 1 heterocycles. The molecule has 0 aliphatic carbocycles. The van der Waals surface area contributed by atoms with Crippen molar-refractivity contribution in [1.29, 1.82) is 0 Å². The van der Waals surface area contributed by atoms with Gasteiger partial charge in [-0.2, -0.15) is 0 Å². The van der Waals surface area contributed by atoms with Crippen LogP contribution in [-0.2, 0) is 5.54 Å². The van der Waals surface area contributed by atoms with E-state index in [0.29, 0.717) is 0 Å². The molecule has 1 atom stereocenters. The molecule has 100 valence electrons. The molecule has 0 spiro atoms. The third-order valence-electron chi connectivity index (χ3n) is 3.62. The predicted octanol–water partition coefficient (Wildman–Crippen LogP) is 1.45. The van der Waals surface area contributed by atoms with Gasteiger partial charge >= 0.3 is 0 Å². The van der Waals surface area contributed by atoms with E-state index in [1.165, 1.54) is 5.56 Å². The molecule has 1 N–H and O–H groups in total. The summed E-state index contributed by atoms with van der Waals surface area (Å²) >= 11 is 0. The molecular weight excluding hydrogens is 228 g/mol. The summed E-state index contributed by atoms with van der Waals surface area (Å²) in [7, 11) is 5.48. The first kappa shape index (κ1) is 13.2. The molecule has 0 bridgehead atoms. The van der Waals surface area contributed by atoms with Gasteiger partial charge in [-0.3, -0.25) is 0 Å². The van der Waals surface area contributed by atoms with Crippen molar-refractivity contribution in [3.8, 4) is 11.5 Å². The number of rotatable bonds is 3. The lowest BCUT2D eigenvalue weighted by Gasteiger charge is -2.40. The zero-order valence-electron chi connectivity index (χ0n) is 11.6. The molecular formula is C14H22N2O2. The zero-order valence-corrected chi connectivity index (χ0v) is 11.6. The minimum Gasteiger partial charge on any atom is -0.493 e. The molecule has 1 aromatic carbocycles. The smallest absolute Gasteiger partial charge is 0.161 e. The normalized spacial score (nSPS) is 24.9. The van der Waals surface area contributed by atoms with Crippen molar-refractivity contribution >= 4 is 0 Å². The van der Waals surface area contributed by atoms with E-state index in [4.69, 9.17) is 9.47 Å². The number of hydrogen-bond donors (Lipinski definition) is 1. The molecule has 4 heteroatoms. The second-order valence-electron chi connectivity index (χ2n) is 5.07. The Labute approximate surface area is 109 Å². The molecule has 1 saturated heterocycles. The molecule has 1 unspecified atom stereocenters. The Hall–Kier alpha value is -1.26. The van der Waals surface area contributed by atoms with Gasteiger partial charge in [0.25, 0.3) is 0 Å². The molecule has 4 nitrogen and oxygen atoms in total. The van der Waals surface area contributed by atoms with E-state index in [-0.39, 0.29) is 5.54 Å². The van der Waals surface area contributed by atoms with Crippen LogP contribution in [0.2, 0.25) is 0 Å². The fourth-order valence-electron chi connectivity index (χ4n) is 2.57. The fourth-order valence-corrected chi connectivity index (χ4v) is 2.57. The van der Waals surface area contributed by atoms with E-state index in [1.807, 2.05) is 6.07 Å². The van der Waals surface area contributed by atoms with Gasteiger partial charge < -0.3 is 19.7 Å². The van der Waals surface area contributed by atoms with E-state index < -0.39 is 0 Å². The minimum absolute atomic E-state index is 0.0352. The van der Waals surface area contributed by atoms with Gasteiger partial charge in [0.05, 0.1) is 19.8 Å². The SMILES string of the molecule is COc1ccc(C2(C)CN(C)CCN2)cc1OC. The Balaban J connectivity index is 2.32. The molecule has 18 heavy (non-hydrogen) atoms. The van der Waals surface area contributed by atoms with E-state index in [1.54, 1.807) is 14.2 Å². The third-order valence-corrected chi connectivity index (χ3v) is 3.62. The highest BCUT2D eigenvalue weighted by Crippen LogP contribution is 2.33. The van der Waals surface area contributed by atoms with Gasteiger partial charge in [0.15, 0.2) is 11.5 Å². The van der Waals surface area contributed by atoms with Crippen LogP contribution in [0.15, 0.2) is 18.2 Å². The van der Waals surface area contributed by atoms with Crippen LogP contribution in [0.1, 0.15) is 12.5 Å². The van der Waals surface area contributed by atoms with Crippen molar-refractivity contribution in [2.75, 3.05) is 40.9 Å². The van der Waals surface area contributed by atoms with Gasteiger partial charge in [-0.25, -0.2) is 0 Å². The number of nitrogens with one attached hydrogen (secondary N) is 1. The fraction of sp³-hybridized carbons (Fsp3) is 0.571. The maximum atomic E-state index is 5.37. The summed E-state index contributed by atoms with van der Waals surface area (Å²) in [5, 5.41) is 3.59. The summed E-state index contributed by atoms with van der Waals surface area (Å²) in [6, 6.07) is 6.13. The van der Waals surface area contributed by atoms with Crippen molar-refractivity contribution in [3.05, 3.63) is 23.8 Å². The average molecular weight is 250 g/mol. The number of ether oxygens (including phenoxy) is 2. The van der Waals surface area contributed by atoms with E-state index >= 15 is 0 Å². The molecule has 1 aliphatic rings.